The molecule has 0 amide bonds. The minimum atomic E-state index is 0.352. The third kappa shape index (κ3) is 2.99. The summed E-state index contributed by atoms with van der Waals surface area (Å²) in [7, 11) is 0. The van der Waals surface area contributed by atoms with Gasteiger partial charge in [-0.05, 0) is 31.3 Å². The van der Waals surface area contributed by atoms with Crippen LogP contribution < -0.4 is 5.73 Å². The Bertz CT molecular complexity index is 181. The first-order valence-corrected chi connectivity index (χ1v) is 5.17. The first kappa shape index (κ1) is 10.5. The Morgan fingerprint density at radius 3 is 2.23 bits per heavy atom. The molecule has 1 aliphatic rings. The van der Waals surface area contributed by atoms with Gasteiger partial charge in [-0.1, -0.05) is 13.8 Å². The molecule has 0 saturated heterocycles. The van der Waals surface area contributed by atoms with Crippen molar-refractivity contribution in [2.24, 2.45) is 11.1 Å². The number of nitrogens with zero attached hydrogens (tertiary/aromatic N) is 1. The second-order valence-electron chi connectivity index (χ2n) is 4.16. The summed E-state index contributed by atoms with van der Waals surface area (Å²) in [6.45, 7) is 7.71. The highest BCUT2D eigenvalue weighted by Gasteiger charge is 2.43. The van der Waals surface area contributed by atoms with Gasteiger partial charge in [-0.15, -0.1) is 0 Å². The Labute approximate surface area is 80.8 Å². The van der Waals surface area contributed by atoms with Crippen LogP contribution in [-0.4, -0.2) is 30.4 Å². The Kier molecular flexibility index (Phi) is 3.31. The normalized spacial score (nSPS) is 19.0. The molecule has 0 unspecified atom stereocenters. The first-order valence-electron chi connectivity index (χ1n) is 5.17. The van der Waals surface area contributed by atoms with Crippen molar-refractivity contribution in [3.8, 4) is 0 Å². The molecule has 0 aromatic rings. The molecule has 0 aliphatic heterocycles. The molecule has 1 saturated carbocycles. The number of nitrogens with one attached hydrogen (secondary N) is 1. The summed E-state index contributed by atoms with van der Waals surface area (Å²) in [5.41, 5.74) is 5.81. The van der Waals surface area contributed by atoms with Gasteiger partial charge in [-0.3, -0.25) is 5.41 Å². The van der Waals surface area contributed by atoms with Crippen molar-refractivity contribution in [1.29, 1.82) is 5.41 Å². The minimum Gasteiger partial charge on any atom is -0.388 e. The molecule has 3 N–H and O–H groups in total. The molecule has 0 heterocycles. The van der Waals surface area contributed by atoms with Gasteiger partial charge in [-0.25, -0.2) is 0 Å². The largest absolute Gasteiger partial charge is 0.388 e. The Morgan fingerprint density at radius 2 is 1.92 bits per heavy atom. The van der Waals surface area contributed by atoms with E-state index in [2.05, 4.69) is 18.7 Å². The Morgan fingerprint density at radius 1 is 1.38 bits per heavy atom. The van der Waals surface area contributed by atoms with Crippen LogP contribution in [0.1, 0.15) is 33.1 Å². The van der Waals surface area contributed by atoms with Gasteiger partial charge >= 0.3 is 0 Å². The molecule has 1 aliphatic carbocycles. The summed E-state index contributed by atoms with van der Waals surface area (Å²) >= 11 is 0. The molecule has 3 nitrogen and oxygen atoms in total. The summed E-state index contributed by atoms with van der Waals surface area (Å²) in [6.07, 6.45) is 3.30. The van der Waals surface area contributed by atoms with Gasteiger partial charge in [0, 0.05) is 13.0 Å². The molecule has 0 radical (unpaired) electrons. The zero-order valence-corrected chi connectivity index (χ0v) is 8.77. The molecule has 0 aromatic carbocycles. The van der Waals surface area contributed by atoms with Crippen LogP contribution in [0.2, 0.25) is 0 Å². The summed E-state index contributed by atoms with van der Waals surface area (Å²) in [4.78, 5) is 2.43. The van der Waals surface area contributed by atoms with Crippen LogP contribution in [0.3, 0.4) is 0 Å². The molecule has 0 aromatic heterocycles. The average Bonchev–Trinajstić information content (AvgIpc) is 2.80. The third-order valence-corrected chi connectivity index (χ3v) is 2.98. The van der Waals surface area contributed by atoms with E-state index in [0.29, 0.717) is 11.3 Å². The van der Waals surface area contributed by atoms with E-state index in [1.54, 1.807) is 0 Å². The molecule has 1 fully saturated rings. The molecule has 0 bridgehead atoms. The van der Waals surface area contributed by atoms with E-state index in [9.17, 15) is 0 Å². The molecular weight excluding hydrogens is 162 g/mol. The predicted molar refractivity (Wildman–Crippen MR) is 56.0 cm³/mol. The molecule has 0 spiro atoms. The van der Waals surface area contributed by atoms with Crippen molar-refractivity contribution in [3.05, 3.63) is 0 Å². The second-order valence-corrected chi connectivity index (χ2v) is 4.16. The van der Waals surface area contributed by atoms with Crippen LogP contribution in [0, 0.1) is 10.8 Å². The van der Waals surface area contributed by atoms with E-state index < -0.39 is 0 Å². The van der Waals surface area contributed by atoms with Gasteiger partial charge in [0.05, 0.1) is 5.84 Å². The maximum absolute atomic E-state index is 7.31. The zero-order chi connectivity index (χ0) is 9.90. The lowest BCUT2D eigenvalue weighted by Crippen LogP contribution is -2.32. The van der Waals surface area contributed by atoms with Crippen molar-refractivity contribution in [2.45, 2.75) is 33.1 Å². The van der Waals surface area contributed by atoms with Gasteiger partial charge in [0.25, 0.3) is 0 Å². The lowest BCUT2D eigenvalue weighted by Gasteiger charge is -2.24. The van der Waals surface area contributed by atoms with Crippen molar-refractivity contribution in [2.75, 3.05) is 19.6 Å². The highest BCUT2D eigenvalue weighted by Crippen LogP contribution is 2.49. The Hall–Kier alpha value is -0.570. The van der Waals surface area contributed by atoms with E-state index >= 15 is 0 Å². The molecular formula is C10H21N3. The molecule has 3 heteroatoms. The van der Waals surface area contributed by atoms with Gasteiger partial charge in [-0.2, -0.15) is 0 Å². The van der Waals surface area contributed by atoms with Crippen molar-refractivity contribution >= 4 is 5.84 Å². The number of nitrogens with two attached hydrogens (primary N) is 1. The van der Waals surface area contributed by atoms with E-state index in [-0.39, 0.29) is 0 Å². The number of hydrogen-bond acceptors (Lipinski definition) is 2. The smallest absolute Gasteiger partial charge is 0.0911 e. The van der Waals surface area contributed by atoms with Crippen LogP contribution >= 0.6 is 0 Å². The number of hydrogen-bond donors (Lipinski definition) is 2. The maximum atomic E-state index is 7.31. The third-order valence-electron chi connectivity index (χ3n) is 2.98. The lowest BCUT2D eigenvalue weighted by molar-refractivity contribution is 0.243. The van der Waals surface area contributed by atoms with Gasteiger partial charge in [0.2, 0.25) is 0 Å². The highest BCUT2D eigenvalue weighted by molar-refractivity contribution is 5.78. The predicted octanol–water partition coefficient (Wildman–Crippen LogP) is 1.43. The lowest BCUT2D eigenvalue weighted by atomic mass is 10.0. The van der Waals surface area contributed by atoms with E-state index in [1.807, 2.05) is 0 Å². The quantitative estimate of drug-likeness (QED) is 0.483. The fourth-order valence-corrected chi connectivity index (χ4v) is 1.89. The summed E-state index contributed by atoms with van der Waals surface area (Å²) < 4.78 is 0. The average molecular weight is 183 g/mol. The van der Waals surface area contributed by atoms with E-state index in [0.717, 1.165) is 26.1 Å². The summed E-state index contributed by atoms with van der Waals surface area (Å²) in [6, 6.07) is 0. The number of amidine groups is 1. The van der Waals surface area contributed by atoms with Crippen molar-refractivity contribution < 1.29 is 0 Å². The van der Waals surface area contributed by atoms with Crippen molar-refractivity contribution in [3.63, 3.8) is 0 Å². The molecule has 13 heavy (non-hydrogen) atoms. The van der Waals surface area contributed by atoms with Crippen LogP contribution in [0.15, 0.2) is 0 Å². The first-order chi connectivity index (χ1) is 6.12. The highest BCUT2D eigenvalue weighted by atomic mass is 15.1. The fraction of sp³-hybridized carbons (Fsp3) is 0.900. The van der Waals surface area contributed by atoms with Gasteiger partial charge in [0.15, 0.2) is 0 Å². The SMILES string of the molecule is CCN(CC)CC1(CC(=N)N)CC1. The topological polar surface area (TPSA) is 53.1 Å². The summed E-state index contributed by atoms with van der Waals surface area (Å²) in [5, 5.41) is 7.31. The maximum Gasteiger partial charge on any atom is 0.0911 e. The molecule has 1 rings (SSSR count). The van der Waals surface area contributed by atoms with Crippen LogP contribution in [0.25, 0.3) is 0 Å². The van der Waals surface area contributed by atoms with Gasteiger partial charge in [0.1, 0.15) is 0 Å². The number of rotatable bonds is 6. The van der Waals surface area contributed by atoms with Crippen LogP contribution in [0.4, 0.5) is 0 Å². The van der Waals surface area contributed by atoms with Crippen LogP contribution in [-0.2, 0) is 0 Å². The Balaban J connectivity index is 2.37. The minimum absolute atomic E-state index is 0.352. The van der Waals surface area contributed by atoms with Crippen LogP contribution in [0.5, 0.6) is 0 Å². The molecule has 0 atom stereocenters. The standard InChI is InChI=1S/C10H21N3/c1-3-13(4-2)8-10(5-6-10)7-9(11)12/h3-8H2,1-2H3,(H3,11,12). The zero-order valence-electron chi connectivity index (χ0n) is 8.77. The van der Waals surface area contributed by atoms with Crippen molar-refractivity contribution in [1.82, 2.24) is 4.90 Å². The monoisotopic (exact) mass is 183 g/mol. The fourth-order valence-electron chi connectivity index (χ4n) is 1.89. The summed E-state index contributed by atoms with van der Waals surface area (Å²) in [5.74, 6) is 0.352. The molecule has 76 valence electrons. The van der Waals surface area contributed by atoms with E-state index in [4.69, 9.17) is 11.1 Å². The second kappa shape index (κ2) is 4.09. The van der Waals surface area contributed by atoms with E-state index in [1.165, 1.54) is 12.8 Å². The van der Waals surface area contributed by atoms with Gasteiger partial charge < -0.3 is 10.6 Å².